The maximum absolute atomic E-state index is 12.7. The van der Waals surface area contributed by atoms with E-state index in [1.165, 1.54) is 24.1 Å². The van der Waals surface area contributed by atoms with E-state index in [0.29, 0.717) is 17.1 Å². The van der Waals surface area contributed by atoms with Gasteiger partial charge in [-0.1, -0.05) is 0 Å². The summed E-state index contributed by atoms with van der Waals surface area (Å²) in [7, 11) is 1.54. The van der Waals surface area contributed by atoms with Gasteiger partial charge in [-0.05, 0) is 37.3 Å². The first-order valence-electron chi connectivity index (χ1n) is 8.33. The van der Waals surface area contributed by atoms with Crippen molar-refractivity contribution in [3.05, 3.63) is 79.8 Å². The molecule has 1 heterocycles. The Morgan fingerprint density at radius 1 is 1.28 bits per heavy atom. The number of aryl methyl sites for hydroxylation is 1. The number of carboxylic acids is 1. The van der Waals surface area contributed by atoms with E-state index in [1.54, 1.807) is 31.2 Å². The first-order valence-corrected chi connectivity index (χ1v) is 8.33. The number of rotatable bonds is 6. The third-order valence-electron chi connectivity index (χ3n) is 4.20. The predicted molar refractivity (Wildman–Crippen MR) is 105 cm³/mol. The minimum absolute atomic E-state index is 0.000836. The Hall–Kier alpha value is -4.21. The summed E-state index contributed by atoms with van der Waals surface area (Å²) in [4.78, 5) is 38.4. The van der Waals surface area contributed by atoms with Crippen LogP contribution in [0.1, 0.15) is 21.6 Å². The Morgan fingerprint density at radius 2 is 1.97 bits per heavy atom. The third kappa shape index (κ3) is 3.90. The van der Waals surface area contributed by atoms with Gasteiger partial charge in [0, 0.05) is 24.0 Å². The molecule has 2 aromatic carbocycles. The second-order valence-electron chi connectivity index (χ2n) is 6.01. The number of aromatic carboxylic acids is 1. The van der Waals surface area contributed by atoms with Gasteiger partial charge in [-0.3, -0.25) is 25.0 Å². The second kappa shape index (κ2) is 7.80. The fourth-order valence-corrected chi connectivity index (χ4v) is 2.68. The predicted octanol–water partition coefficient (Wildman–Crippen LogP) is 2.84. The van der Waals surface area contributed by atoms with Crippen molar-refractivity contribution in [2.45, 2.75) is 6.92 Å². The molecule has 0 atom stereocenters. The Morgan fingerprint density at radius 3 is 2.55 bits per heavy atom. The highest BCUT2D eigenvalue weighted by Gasteiger charge is 2.16. The molecule has 29 heavy (non-hydrogen) atoms. The van der Waals surface area contributed by atoms with Crippen LogP contribution in [0.2, 0.25) is 0 Å². The first-order chi connectivity index (χ1) is 13.8. The molecule has 0 aliphatic carbocycles. The number of carbonyl (C=O) groups is 1. The number of nitro groups is 1. The average molecular weight is 396 g/mol. The summed E-state index contributed by atoms with van der Waals surface area (Å²) in [6.07, 6.45) is 1.24. The van der Waals surface area contributed by atoms with Crippen LogP contribution in [0, 0.1) is 17.0 Å². The number of nitrogens with one attached hydrogen (secondary N) is 1. The number of carboxylic acid groups (broad SMARTS) is 1. The largest absolute Gasteiger partial charge is 0.497 e. The Balaban J connectivity index is 2.00. The van der Waals surface area contributed by atoms with E-state index in [4.69, 9.17) is 4.74 Å². The number of benzene rings is 2. The van der Waals surface area contributed by atoms with Crippen LogP contribution < -0.4 is 10.3 Å². The molecule has 1 aromatic heterocycles. The highest BCUT2D eigenvalue weighted by Crippen LogP contribution is 2.24. The standard InChI is InChI=1S/C19H16N4O6/c1-11-16(18(24)22(21-11)12-3-6-14(29-2)7-4-12)10-20-17-8-5-13(23(27)28)9-15(17)19(25)26/h3-10,21H,1-2H3,(H,25,26). The molecule has 0 unspecified atom stereocenters. The van der Waals surface area contributed by atoms with Gasteiger partial charge in [-0.15, -0.1) is 0 Å². The van der Waals surface area contributed by atoms with Gasteiger partial charge >= 0.3 is 5.97 Å². The smallest absolute Gasteiger partial charge is 0.338 e. The van der Waals surface area contributed by atoms with Crippen molar-refractivity contribution in [1.82, 2.24) is 9.78 Å². The number of aromatic amines is 1. The summed E-state index contributed by atoms with van der Waals surface area (Å²) in [6.45, 7) is 1.68. The van der Waals surface area contributed by atoms with E-state index in [-0.39, 0.29) is 28.1 Å². The van der Waals surface area contributed by atoms with Crippen molar-refractivity contribution in [2.24, 2.45) is 4.99 Å². The lowest BCUT2D eigenvalue weighted by molar-refractivity contribution is -0.384. The van der Waals surface area contributed by atoms with Gasteiger partial charge in [-0.2, -0.15) is 0 Å². The number of nitro benzene ring substituents is 1. The van der Waals surface area contributed by atoms with Crippen LogP contribution in [-0.2, 0) is 0 Å². The number of nitrogens with zero attached hydrogens (tertiary/aromatic N) is 3. The van der Waals surface area contributed by atoms with Crippen LogP contribution in [0.25, 0.3) is 5.69 Å². The zero-order chi connectivity index (χ0) is 21.1. The summed E-state index contributed by atoms with van der Waals surface area (Å²) >= 11 is 0. The van der Waals surface area contributed by atoms with E-state index < -0.39 is 10.9 Å². The first kappa shape index (κ1) is 19.5. The molecule has 0 amide bonds. The maximum Gasteiger partial charge on any atom is 0.338 e. The van der Waals surface area contributed by atoms with Crippen LogP contribution in [0.4, 0.5) is 11.4 Å². The van der Waals surface area contributed by atoms with Crippen molar-refractivity contribution < 1.29 is 19.6 Å². The van der Waals surface area contributed by atoms with Crippen LogP contribution in [0.15, 0.2) is 52.3 Å². The molecule has 0 aliphatic rings. The van der Waals surface area contributed by atoms with Crippen LogP contribution in [-0.4, -0.2) is 39.1 Å². The second-order valence-corrected chi connectivity index (χ2v) is 6.01. The molecule has 148 valence electrons. The molecule has 0 fully saturated rings. The van der Waals surface area contributed by atoms with Gasteiger partial charge < -0.3 is 9.84 Å². The molecule has 0 bridgehead atoms. The molecule has 0 saturated carbocycles. The summed E-state index contributed by atoms with van der Waals surface area (Å²) in [5.74, 6) is -0.714. The van der Waals surface area contributed by atoms with Crippen molar-refractivity contribution in [3.63, 3.8) is 0 Å². The maximum atomic E-state index is 12.7. The van der Waals surface area contributed by atoms with Gasteiger partial charge in [-0.25, -0.2) is 9.48 Å². The van der Waals surface area contributed by atoms with Crippen molar-refractivity contribution in [1.29, 1.82) is 0 Å². The van der Waals surface area contributed by atoms with Crippen LogP contribution in [0.5, 0.6) is 5.75 Å². The lowest BCUT2D eigenvalue weighted by Gasteiger charge is -2.03. The normalized spacial score (nSPS) is 11.0. The summed E-state index contributed by atoms with van der Waals surface area (Å²) in [5.41, 5.74) is 0.262. The van der Waals surface area contributed by atoms with Gasteiger partial charge in [0.15, 0.2) is 0 Å². The van der Waals surface area contributed by atoms with E-state index in [9.17, 15) is 24.8 Å². The molecular formula is C19H16N4O6. The summed E-state index contributed by atoms with van der Waals surface area (Å²) in [5, 5.41) is 23.1. The molecule has 3 rings (SSSR count). The number of aliphatic imine (C=N–C) groups is 1. The zero-order valence-corrected chi connectivity index (χ0v) is 15.4. The number of non-ortho nitro benzene ring substituents is 1. The topological polar surface area (TPSA) is 140 Å². The fourth-order valence-electron chi connectivity index (χ4n) is 2.68. The third-order valence-corrected chi connectivity index (χ3v) is 4.20. The van der Waals surface area contributed by atoms with Crippen molar-refractivity contribution in [2.75, 3.05) is 7.11 Å². The highest BCUT2D eigenvalue weighted by molar-refractivity contribution is 5.96. The number of hydrogen-bond donors (Lipinski definition) is 2. The molecule has 3 aromatic rings. The number of methoxy groups -OCH3 is 1. The molecule has 0 aliphatic heterocycles. The molecule has 0 radical (unpaired) electrons. The fraction of sp³-hybridized carbons (Fsp3) is 0.105. The number of hydrogen-bond acceptors (Lipinski definition) is 6. The lowest BCUT2D eigenvalue weighted by atomic mass is 10.1. The molecular weight excluding hydrogens is 380 g/mol. The van der Waals surface area contributed by atoms with Gasteiger partial charge in [0.2, 0.25) is 0 Å². The minimum Gasteiger partial charge on any atom is -0.497 e. The Labute approximate surface area is 163 Å². The van der Waals surface area contributed by atoms with Gasteiger partial charge in [0.1, 0.15) is 5.75 Å². The van der Waals surface area contributed by atoms with Gasteiger partial charge in [0.05, 0.1) is 34.5 Å². The van der Waals surface area contributed by atoms with Crippen LogP contribution in [0.3, 0.4) is 0 Å². The number of ether oxygens (including phenoxy) is 1. The zero-order valence-electron chi connectivity index (χ0n) is 15.4. The quantitative estimate of drug-likeness (QED) is 0.373. The summed E-state index contributed by atoms with van der Waals surface area (Å²) < 4.78 is 6.42. The van der Waals surface area contributed by atoms with E-state index >= 15 is 0 Å². The summed E-state index contributed by atoms with van der Waals surface area (Å²) in [6, 6.07) is 10.1. The monoisotopic (exact) mass is 396 g/mol. The Bertz CT molecular complexity index is 1170. The van der Waals surface area contributed by atoms with Crippen LogP contribution >= 0.6 is 0 Å². The molecule has 0 spiro atoms. The number of aromatic nitrogens is 2. The molecule has 10 nitrogen and oxygen atoms in total. The highest BCUT2D eigenvalue weighted by atomic mass is 16.6. The van der Waals surface area contributed by atoms with E-state index in [1.807, 2.05) is 0 Å². The van der Waals surface area contributed by atoms with Crippen molar-refractivity contribution in [3.8, 4) is 11.4 Å². The Kier molecular flexibility index (Phi) is 5.26. The van der Waals surface area contributed by atoms with Crippen molar-refractivity contribution >= 4 is 23.6 Å². The van der Waals surface area contributed by atoms with E-state index in [2.05, 4.69) is 10.1 Å². The SMILES string of the molecule is COc1ccc(-n2[nH]c(C)c(C=Nc3ccc([N+](=O)[O-])cc3C(=O)O)c2=O)cc1. The minimum atomic E-state index is -1.36. The average Bonchev–Trinajstić information content (AvgIpc) is 2.99. The molecule has 10 heteroatoms. The number of H-pyrrole nitrogens is 1. The van der Waals surface area contributed by atoms with Gasteiger partial charge in [0.25, 0.3) is 11.2 Å². The molecule has 2 N–H and O–H groups in total. The van der Waals surface area contributed by atoms with E-state index in [0.717, 1.165) is 12.1 Å². The lowest BCUT2D eigenvalue weighted by Crippen LogP contribution is -2.17. The molecule has 0 saturated heterocycles.